The van der Waals surface area contributed by atoms with E-state index in [0.717, 1.165) is 11.1 Å². The maximum Gasteiger partial charge on any atom is 0.255 e. The molecule has 3 aromatic rings. The van der Waals surface area contributed by atoms with Gasteiger partial charge in [0.2, 0.25) is 5.91 Å². The predicted octanol–water partition coefficient (Wildman–Crippen LogP) is 3.95. The fourth-order valence-corrected chi connectivity index (χ4v) is 4.12. The predicted molar refractivity (Wildman–Crippen MR) is 120 cm³/mol. The number of likely N-dealkylation sites (tertiary alicyclic amines) is 1. The molecule has 0 saturated carbocycles. The minimum atomic E-state index is -0.338. The lowest BCUT2D eigenvalue weighted by Crippen LogP contribution is -2.47. The number of carbonyl (C=O) groups excluding carboxylic acids is 2. The summed E-state index contributed by atoms with van der Waals surface area (Å²) in [6, 6.07) is 26.2. The number of hydrogen-bond acceptors (Lipinski definition) is 3. The summed E-state index contributed by atoms with van der Waals surface area (Å²) >= 11 is 0. The summed E-state index contributed by atoms with van der Waals surface area (Å²) in [5, 5.41) is 12.9. The fraction of sp³-hybridized carbons (Fsp3) is 0.231. The van der Waals surface area contributed by atoms with E-state index in [9.17, 15) is 14.7 Å². The van der Waals surface area contributed by atoms with Crippen molar-refractivity contribution in [1.29, 1.82) is 0 Å². The Kier molecular flexibility index (Phi) is 6.32. The topological polar surface area (TPSA) is 69.6 Å². The zero-order valence-electron chi connectivity index (χ0n) is 17.3. The Balaban J connectivity index is 1.43. The molecule has 0 unspecified atom stereocenters. The number of nitrogens with one attached hydrogen (secondary N) is 1. The number of phenols is 1. The van der Waals surface area contributed by atoms with Crippen LogP contribution in [0.5, 0.6) is 5.75 Å². The normalized spacial score (nSPS) is 14.4. The number of aromatic hydroxyl groups is 1. The molecule has 1 heterocycles. The van der Waals surface area contributed by atoms with Crippen LogP contribution in [0, 0.1) is 0 Å². The summed E-state index contributed by atoms with van der Waals surface area (Å²) in [6.07, 6.45) is 1.36. The van der Waals surface area contributed by atoms with Gasteiger partial charge in [0.25, 0.3) is 5.91 Å². The number of piperidine rings is 1. The van der Waals surface area contributed by atoms with Crippen LogP contribution in [0.15, 0.2) is 84.9 Å². The van der Waals surface area contributed by atoms with Gasteiger partial charge in [-0.25, -0.2) is 0 Å². The van der Waals surface area contributed by atoms with E-state index in [1.54, 1.807) is 18.2 Å². The van der Waals surface area contributed by atoms with Gasteiger partial charge >= 0.3 is 0 Å². The van der Waals surface area contributed by atoms with Crippen molar-refractivity contribution in [1.82, 2.24) is 10.2 Å². The number of nitrogens with zero attached hydrogens (tertiary/aromatic N) is 1. The standard InChI is InChI=1S/C26H26N2O3/c29-23-14-8-7-13-22(23)25(30)27-21-15-17-28(18-16-21)26(31)24(19-9-3-1-4-10-19)20-11-5-2-6-12-20/h1-14,21,24,29H,15-18H2,(H,27,30). The van der Waals surface area contributed by atoms with E-state index in [1.807, 2.05) is 65.6 Å². The Morgan fingerprint density at radius 2 is 1.32 bits per heavy atom. The monoisotopic (exact) mass is 414 g/mol. The first-order valence-corrected chi connectivity index (χ1v) is 10.6. The highest BCUT2D eigenvalue weighted by molar-refractivity contribution is 5.97. The highest BCUT2D eigenvalue weighted by Gasteiger charge is 2.31. The number of hydrogen-bond donors (Lipinski definition) is 2. The van der Waals surface area contributed by atoms with Crippen LogP contribution >= 0.6 is 0 Å². The molecule has 3 aromatic carbocycles. The number of amides is 2. The van der Waals surface area contributed by atoms with Gasteiger partial charge in [0.05, 0.1) is 11.5 Å². The van der Waals surface area contributed by atoms with Crippen LogP contribution in [-0.4, -0.2) is 41.0 Å². The lowest BCUT2D eigenvalue weighted by atomic mass is 9.89. The van der Waals surface area contributed by atoms with Gasteiger partial charge in [-0.2, -0.15) is 0 Å². The van der Waals surface area contributed by atoms with Crippen LogP contribution in [0.25, 0.3) is 0 Å². The van der Waals surface area contributed by atoms with Gasteiger partial charge in [0.15, 0.2) is 0 Å². The maximum absolute atomic E-state index is 13.5. The summed E-state index contributed by atoms with van der Waals surface area (Å²) in [5.74, 6) is -0.562. The Bertz CT molecular complexity index is 989. The van der Waals surface area contributed by atoms with Crippen molar-refractivity contribution in [3.63, 3.8) is 0 Å². The molecule has 0 aliphatic carbocycles. The van der Waals surface area contributed by atoms with Crippen molar-refractivity contribution in [2.45, 2.75) is 24.8 Å². The summed E-state index contributed by atoms with van der Waals surface area (Å²) in [6.45, 7) is 1.17. The molecule has 0 radical (unpaired) electrons. The second-order valence-corrected chi connectivity index (χ2v) is 7.84. The quantitative estimate of drug-likeness (QED) is 0.664. The van der Waals surface area contributed by atoms with Crippen molar-refractivity contribution in [2.75, 3.05) is 13.1 Å². The van der Waals surface area contributed by atoms with Crippen molar-refractivity contribution in [2.24, 2.45) is 0 Å². The van der Waals surface area contributed by atoms with Gasteiger partial charge in [-0.15, -0.1) is 0 Å². The molecule has 0 spiro atoms. The summed E-state index contributed by atoms with van der Waals surface area (Å²) in [4.78, 5) is 27.9. The van der Waals surface area contributed by atoms with E-state index in [2.05, 4.69) is 5.32 Å². The molecule has 158 valence electrons. The van der Waals surface area contributed by atoms with Crippen LogP contribution in [0.1, 0.15) is 40.2 Å². The Labute approximate surface area is 182 Å². The van der Waals surface area contributed by atoms with E-state index in [1.165, 1.54) is 6.07 Å². The van der Waals surface area contributed by atoms with Gasteiger partial charge in [-0.1, -0.05) is 72.8 Å². The van der Waals surface area contributed by atoms with Crippen LogP contribution in [0.3, 0.4) is 0 Å². The van der Waals surface area contributed by atoms with E-state index in [-0.39, 0.29) is 35.1 Å². The molecule has 0 aromatic heterocycles. The molecule has 0 atom stereocenters. The maximum atomic E-state index is 13.5. The van der Waals surface area contributed by atoms with Crippen LogP contribution in [0.4, 0.5) is 0 Å². The van der Waals surface area contributed by atoms with Gasteiger partial charge in [0.1, 0.15) is 5.75 Å². The van der Waals surface area contributed by atoms with Crippen LogP contribution in [-0.2, 0) is 4.79 Å². The molecule has 5 heteroatoms. The zero-order chi connectivity index (χ0) is 21.6. The number of phenolic OH excluding ortho intramolecular Hbond substituents is 1. The first kappa shape index (κ1) is 20.7. The van der Waals surface area contributed by atoms with E-state index >= 15 is 0 Å². The molecule has 1 aliphatic rings. The average molecular weight is 415 g/mol. The van der Waals surface area contributed by atoms with Crippen molar-refractivity contribution >= 4 is 11.8 Å². The summed E-state index contributed by atoms with van der Waals surface area (Å²) < 4.78 is 0. The molecule has 2 amide bonds. The third kappa shape index (κ3) is 4.77. The molecule has 1 fully saturated rings. The number of rotatable bonds is 5. The molecule has 5 nitrogen and oxygen atoms in total. The first-order chi connectivity index (χ1) is 15.1. The molecule has 0 bridgehead atoms. The highest BCUT2D eigenvalue weighted by atomic mass is 16.3. The highest BCUT2D eigenvalue weighted by Crippen LogP contribution is 2.28. The molecule has 1 aliphatic heterocycles. The van der Waals surface area contributed by atoms with Gasteiger partial charge in [-0.05, 0) is 36.1 Å². The molecule has 31 heavy (non-hydrogen) atoms. The van der Waals surface area contributed by atoms with Crippen molar-refractivity contribution in [3.8, 4) is 5.75 Å². The molecular formula is C26H26N2O3. The first-order valence-electron chi connectivity index (χ1n) is 10.6. The second-order valence-electron chi connectivity index (χ2n) is 7.84. The van der Waals surface area contributed by atoms with Crippen LogP contribution < -0.4 is 5.32 Å². The lowest BCUT2D eigenvalue weighted by Gasteiger charge is -2.35. The Morgan fingerprint density at radius 3 is 1.87 bits per heavy atom. The Hall–Kier alpha value is -3.60. The number of benzene rings is 3. The van der Waals surface area contributed by atoms with Gasteiger partial charge in [0, 0.05) is 19.1 Å². The number of carbonyl (C=O) groups is 2. The molecule has 1 saturated heterocycles. The summed E-state index contributed by atoms with van der Waals surface area (Å²) in [5.41, 5.74) is 2.23. The lowest BCUT2D eigenvalue weighted by molar-refractivity contribution is -0.132. The van der Waals surface area contributed by atoms with Gasteiger partial charge in [-0.3, -0.25) is 9.59 Å². The van der Waals surface area contributed by atoms with Gasteiger partial charge < -0.3 is 15.3 Å². The van der Waals surface area contributed by atoms with Crippen molar-refractivity contribution < 1.29 is 14.7 Å². The summed E-state index contributed by atoms with van der Waals surface area (Å²) in [7, 11) is 0. The molecule has 2 N–H and O–H groups in total. The fourth-order valence-electron chi connectivity index (χ4n) is 4.12. The van der Waals surface area contributed by atoms with Crippen molar-refractivity contribution in [3.05, 3.63) is 102 Å². The molecular weight excluding hydrogens is 388 g/mol. The number of para-hydroxylation sites is 1. The smallest absolute Gasteiger partial charge is 0.255 e. The third-order valence-corrected chi connectivity index (χ3v) is 5.80. The minimum absolute atomic E-state index is 0.0249. The SMILES string of the molecule is O=C(NC1CCN(C(=O)C(c2ccccc2)c2ccccc2)CC1)c1ccccc1O. The minimum Gasteiger partial charge on any atom is -0.507 e. The zero-order valence-corrected chi connectivity index (χ0v) is 17.3. The molecule has 4 rings (SSSR count). The average Bonchev–Trinajstić information content (AvgIpc) is 2.81. The van der Waals surface area contributed by atoms with Crippen LogP contribution in [0.2, 0.25) is 0 Å². The largest absolute Gasteiger partial charge is 0.507 e. The Morgan fingerprint density at radius 1 is 0.806 bits per heavy atom. The van der Waals surface area contributed by atoms with E-state index < -0.39 is 0 Å². The third-order valence-electron chi connectivity index (χ3n) is 5.80. The second kappa shape index (κ2) is 9.47. The van der Waals surface area contributed by atoms with E-state index in [0.29, 0.717) is 25.9 Å². The van der Waals surface area contributed by atoms with E-state index in [4.69, 9.17) is 0 Å².